The average molecular weight is 366 g/mol. The van der Waals surface area contributed by atoms with Crippen LogP contribution in [0.15, 0.2) is 0 Å². The number of ether oxygens (including phenoxy) is 1. The Bertz CT molecular complexity index is 386. The van der Waals surface area contributed by atoms with E-state index in [9.17, 15) is 9.59 Å². The maximum Gasteiger partial charge on any atom is 0.232 e. The van der Waals surface area contributed by atoms with Gasteiger partial charge < -0.3 is 20.3 Å². The van der Waals surface area contributed by atoms with Crippen LogP contribution in [-0.2, 0) is 14.3 Å². The van der Waals surface area contributed by atoms with Gasteiger partial charge in [0, 0.05) is 19.6 Å². The van der Waals surface area contributed by atoms with E-state index in [0.717, 1.165) is 32.5 Å². The molecule has 0 radical (unpaired) electrons. The first-order valence-corrected chi connectivity index (χ1v) is 9.15. The van der Waals surface area contributed by atoms with E-state index >= 15 is 0 Å². The van der Waals surface area contributed by atoms with Gasteiger partial charge in [0.05, 0.1) is 24.7 Å². The Morgan fingerprint density at radius 3 is 2.52 bits per heavy atom. The Balaban J connectivity index is 0.00000264. The number of hydrogen-bond donors (Lipinski definition) is 2. The van der Waals surface area contributed by atoms with Gasteiger partial charge in [-0.25, -0.2) is 0 Å². The highest BCUT2D eigenvalue weighted by atomic mass is 35.5. The van der Waals surface area contributed by atoms with Gasteiger partial charge >= 0.3 is 0 Å². The summed E-state index contributed by atoms with van der Waals surface area (Å²) >= 11 is 1.39. The monoisotopic (exact) mass is 365 g/mol. The molecule has 0 spiro atoms. The summed E-state index contributed by atoms with van der Waals surface area (Å²) in [7, 11) is 0. The third-order valence-electron chi connectivity index (χ3n) is 4.35. The molecule has 2 heterocycles. The number of hydrogen-bond acceptors (Lipinski definition) is 5. The molecule has 8 heteroatoms. The van der Waals surface area contributed by atoms with Gasteiger partial charge in [0.25, 0.3) is 0 Å². The lowest BCUT2D eigenvalue weighted by molar-refractivity contribution is -0.132. The smallest absolute Gasteiger partial charge is 0.232 e. The zero-order chi connectivity index (χ0) is 15.8. The van der Waals surface area contributed by atoms with Crippen molar-refractivity contribution in [1.82, 2.24) is 15.5 Å². The summed E-state index contributed by atoms with van der Waals surface area (Å²) in [5.41, 5.74) is 0.204. The largest absolute Gasteiger partial charge is 0.378 e. The molecule has 23 heavy (non-hydrogen) atoms. The summed E-state index contributed by atoms with van der Waals surface area (Å²) in [5.74, 6) is 0.852. The molecule has 2 aliphatic rings. The molecule has 0 aromatic heterocycles. The molecule has 2 rings (SSSR count). The summed E-state index contributed by atoms with van der Waals surface area (Å²) in [6.07, 6.45) is 2.19. The molecular formula is C15H28ClN3O3S. The van der Waals surface area contributed by atoms with Crippen molar-refractivity contribution >= 4 is 36.0 Å². The molecule has 2 fully saturated rings. The van der Waals surface area contributed by atoms with Gasteiger partial charge in [-0.3, -0.25) is 9.59 Å². The first-order valence-electron chi connectivity index (χ1n) is 8.00. The van der Waals surface area contributed by atoms with Crippen molar-refractivity contribution in [3.63, 3.8) is 0 Å². The van der Waals surface area contributed by atoms with Crippen molar-refractivity contribution in [2.45, 2.75) is 19.8 Å². The fourth-order valence-electron chi connectivity index (χ4n) is 2.71. The van der Waals surface area contributed by atoms with Crippen LogP contribution in [0, 0.1) is 5.41 Å². The molecule has 0 unspecified atom stereocenters. The Labute approximate surface area is 148 Å². The third kappa shape index (κ3) is 7.28. The maximum absolute atomic E-state index is 11.9. The Kier molecular flexibility index (Phi) is 9.27. The SMILES string of the molecule is CC1(CNC(=O)CSCC(=O)N2CCOCC2)CCNCC1.Cl. The minimum atomic E-state index is 0. The van der Waals surface area contributed by atoms with E-state index in [2.05, 4.69) is 17.6 Å². The van der Waals surface area contributed by atoms with Crippen LogP contribution in [0.3, 0.4) is 0 Å². The Hall–Kier alpha value is -0.500. The number of nitrogens with zero attached hydrogens (tertiary/aromatic N) is 1. The number of thioether (sulfide) groups is 1. The van der Waals surface area contributed by atoms with Gasteiger partial charge in [0.2, 0.25) is 11.8 Å². The van der Waals surface area contributed by atoms with Crippen molar-refractivity contribution in [3.05, 3.63) is 0 Å². The minimum absolute atomic E-state index is 0. The van der Waals surface area contributed by atoms with Crippen molar-refractivity contribution in [1.29, 1.82) is 0 Å². The molecule has 2 amide bonds. The summed E-state index contributed by atoms with van der Waals surface area (Å²) in [5, 5.41) is 6.35. The molecule has 0 atom stereocenters. The average Bonchev–Trinajstić information content (AvgIpc) is 2.54. The van der Waals surface area contributed by atoms with E-state index in [1.165, 1.54) is 11.8 Å². The Morgan fingerprint density at radius 1 is 1.22 bits per heavy atom. The number of carbonyl (C=O) groups excluding carboxylic acids is 2. The highest BCUT2D eigenvalue weighted by molar-refractivity contribution is 8.00. The molecule has 0 aromatic carbocycles. The van der Waals surface area contributed by atoms with Crippen LogP contribution in [0.1, 0.15) is 19.8 Å². The van der Waals surface area contributed by atoms with Gasteiger partial charge in [0.1, 0.15) is 0 Å². The fourth-order valence-corrected chi connectivity index (χ4v) is 3.45. The molecule has 0 aromatic rings. The molecule has 2 saturated heterocycles. The number of carbonyl (C=O) groups is 2. The van der Waals surface area contributed by atoms with Gasteiger partial charge in [-0.15, -0.1) is 24.2 Å². The van der Waals surface area contributed by atoms with Crippen molar-refractivity contribution in [2.24, 2.45) is 5.41 Å². The molecular weight excluding hydrogens is 338 g/mol. The van der Waals surface area contributed by atoms with E-state index in [4.69, 9.17) is 4.74 Å². The lowest BCUT2D eigenvalue weighted by Crippen LogP contribution is -2.43. The number of rotatable bonds is 6. The highest BCUT2D eigenvalue weighted by Gasteiger charge is 2.27. The van der Waals surface area contributed by atoms with Crippen LogP contribution >= 0.6 is 24.2 Å². The van der Waals surface area contributed by atoms with Crippen molar-refractivity contribution in [3.8, 4) is 0 Å². The minimum Gasteiger partial charge on any atom is -0.378 e. The van der Waals surface area contributed by atoms with Crippen LogP contribution in [0.2, 0.25) is 0 Å². The number of piperidine rings is 1. The standard InChI is InChI=1S/C15H27N3O3S.ClH/c1-15(2-4-16-5-3-15)12-17-13(19)10-22-11-14(20)18-6-8-21-9-7-18;/h16H,2-12H2,1H3,(H,17,19);1H. The van der Waals surface area contributed by atoms with E-state index in [0.29, 0.717) is 37.8 Å². The van der Waals surface area contributed by atoms with Crippen molar-refractivity contribution in [2.75, 3.05) is 57.4 Å². The molecule has 6 nitrogen and oxygen atoms in total. The molecule has 0 aliphatic carbocycles. The molecule has 2 aliphatic heterocycles. The van der Waals surface area contributed by atoms with Crippen LogP contribution in [0.25, 0.3) is 0 Å². The van der Waals surface area contributed by atoms with Gasteiger partial charge in [-0.05, 0) is 31.3 Å². The van der Waals surface area contributed by atoms with Gasteiger partial charge in [-0.1, -0.05) is 6.92 Å². The van der Waals surface area contributed by atoms with Gasteiger partial charge in [-0.2, -0.15) is 0 Å². The molecule has 2 N–H and O–H groups in total. The molecule has 0 bridgehead atoms. The first-order chi connectivity index (χ1) is 10.6. The number of halogens is 1. The fraction of sp³-hybridized carbons (Fsp3) is 0.867. The number of morpholine rings is 1. The van der Waals surface area contributed by atoms with E-state index in [1.54, 1.807) is 0 Å². The normalized spacial score (nSPS) is 20.5. The Morgan fingerprint density at radius 2 is 1.87 bits per heavy atom. The predicted molar refractivity (Wildman–Crippen MR) is 95.2 cm³/mol. The van der Waals surface area contributed by atoms with E-state index in [-0.39, 0.29) is 29.6 Å². The van der Waals surface area contributed by atoms with Crippen LogP contribution in [0.4, 0.5) is 0 Å². The highest BCUT2D eigenvalue weighted by Crippen LogP contribution is 2.26. The van der Waals surface area contributed by atoms with E-state index < -0.39 is 0 Å². The molecule has 134 valence electrons. The second kappa shape index (κ2) is 10.4. The van der Waals surface area contributed by atoms with Crippen LogP contribution in [-0.4, -0.2) is 74.2 Å². The summed E-state index contributed by atoms with van der Waals surface area (Å²) in [6.45, 7) is 7.56. The zero-order valence-electron chi connectivity index (χ0n) is 13.8. The number of nitrogens with one attached hydrogen (secondary N) is 2. The molecule has 0 saturated carbocycles. The summed E-state index contributed by atoms with van der Waals surface area (Å²) < 4.78 is 5.22. The quantitative estimate of drug-likeness (QED) is 0.717. The maximum atomic E-state index is 11.9. The van der Waals surface area contributed by atoms with E-state index in [1.807, 2.05) is 4.90 Å². The van der Waals surface area contributed by atoms with Crippen LogP contribution in [0.5, 0.6) is 0 Å². The lowest BCUT2D eigenvalue weighted by atomic mass is 9.81. The number of amides is 2. The zero-order valence-corrected chi connectivity index (χ0v) is 15.4. The topological polar surface area (TPSA) is 70.7 Å². The lowest BCUT2D eigenvalue weighted by Gasteiger charge is -2.34. The predicted octanol–water partition coefficient (Wildman–Crippen LogP) is 0.506. The van der Waals surface area contributed by atoms with Crippen LogP contribution < -0.4 is 10.6 Å². The first kappa shape index (κ1) is 20.5. The second-order valence-electron chi connectivity index (χ2n) is 6.32. The third-order valence-corrected chi connectivity index (χ3v) is 5.26. The second-order valence-corrected chi connectivity index (χ2v) is 7.31. The van der Waals surface area contributed by atoms with Crippen molar-refractivity contribution < 1.29 is 14.3 Å². The summed E-state index contributed by atoms with van der Waals surface area (Å²) in [4.78, 5) is 25.6. The van der Waals surface area contributed by atoms with Gasteiger partial charge in [0.15, 0.2) is 0 Å². The summed E-state index contributed by atoms with van der Waals surface area (Å²) in [6, 6.07) is 0.